The van der Waals surface area contributed by atoms with Crippen molar-refractivity contribution in [1.29, 1.82) is 0 Å². The number of hydrogen-bond donors (Lipinski definition) is 0. The predicted molar refractivity (Wildman–Crippen MR) is 90.6 cm³/mol. The van der Waals surface area contributed by atoms with E-state index in [2.05, 4.69) is 21.5 Å². The van der Waals surface area contributed by atoms with E-state index in [-0.39, 0.29) is 5.15 Å². The summed E-state index contributed by atoms with van der Waals surface area (Å²) in [5.41, 5.74) is 1.23. The Morgan fingerprint density at radius 3 is 2.67 bits per heavy atom. The number of aliphatic imine (C=N–C) groups is 2. The van der Waals surface area contributed by atoms with Crippen LogP contribution in [0.2, 0.25) is 5.15 Å². The quantitative estimate of drug-likeness (QED) is 0.412. The molecule has 0 radical (unpaired) electrons. The highest BCUT2D eigenvalue weighted by molar-refractivity contribution is 6.33. The van der Waals surface area contributed by atoms with Crippen LogP contribution in [-0.2, 0) is 6.18 Å². The Bertz CT molecular complexity index is 811. The van der Waals surface area contributed by atoms with Crippen molar-refractivity contribution in [3.8, 4) is 11.1 Å². The van der Waals surface area contributed by atoms with E-state index >= 15 is 0 Å². The topological polar surface area (TPSA) is 37.6 Å². The summed E-state index contributed by atoms with van der Waals surface area (Å²) in [4.78, 5) is 11.9. The van der Waals surface area contributed by atoms with Crippen LogP contribution in [0.1, 0.15) is 18.1 Å². The highest BCUT2D eigenvalue weighted by Crippen LogP contribution is 2.32. The molecule has 24 heavy (non-hydrogen) atoms. The van der Waals surface area contributed by atoms with Crippen molar-refractivity contribution in [1.82, 2.24) is 4.98 Å². The lowest BCUT2D eigenvalue weighted by atomic mass is 10.0. The minimum absolute atomic E-state index is 0.207. The summed E-state index contributed by atoms with van der Waals surface area (Å²) in [7, 11) is 0. The fraction of sp³-hybridized carbons (Fsp3) is 0.118. The average Bonchev–Trinajstić information content (AvgIpc) is 2.54. The van der Waals surface area contributed by atoms with Gasteiger partial charge in [-0.1, -0.05) is 30.3 Å². The summed E-state index contributed by atoms with van der Waals surface area (Å²) in [6, 6.07) is 6.66. The van der Waals surface area contributed by atoms with Crippen LogP contribution < -0.4 is 0 Å². The van der Waals surface area contributed by atoms with Crippen molar-refractivity contribution >= 4 is 23.7 Å². The molecule has 7 heteroatoms. The largest absolute Gasteiger partial charge is 0.416 e. The normalized spacial score (nSPS) is 12.6. The zero-order valence-corrected chi connectivity index (χ0v) is 13.4. The first-order chi connectivity index (χ1) is 11.3. The molecule has 0 saturated heterocycles. The molecule has 0 amide bonds. The molecule has 0 fully saturated rings. The molecule has 0 bridgehead atoms. The minimum Gasteiger partial charge on any atom is -0.245 e. The third-order valence-corrected chi connectivity index (χ3v) is 3.48. The maximum atomic E-state index is 12.8. The van der Waals surface area contributed by atoms with Gasteiger partial charge in [-0.25, -0.2) is 15.0 Å². The lowest BCUT2D eigenvalue weighted by Gasteiger charge is -2.10. The summed E-state index contributed by atoms with van der Waals surface area (Å²) in [5, 5.41) is 0.207. The smallest absolute Gasteiger partial charge is 0.245 e. The first-order valence-corrected chi connectivity index (χ1v) is 7.21. The second kappa shape index (κ2) is 7.40. The van der Waals surface area contributed by atoms with E-state index in [0.29, 0.717) is 22.4 Å². The number of rotatable bonds is 4. The fourth-order valence-electron chi connectivity index (χ4n) is 1.97. The SMILES string of the molecule is C=CN=CN=C(C)c1cc(-c2cccc(C(F)(F)F)c2)cnc1Cl. The highest BCUT2D eigenvalue weighted by Gasteiger charge is 2.30. The molecule has 0 saturated carbocycles. The lowest BCUT2D eigenvalue weighted by Crippen LogP contribution is -2.04. The predicted octanol–water partition coefficient (Wildman–Crippen LogP) is 5.40. The molecule has 0 aliphatic carbocycles. The maximum Gasteiger partial charge on any atom is 0.416 e. The Kier molecular flexibility index (Phi) is 5.51. The number of aromatic nitrogens is 1. The van der Waals surface area contributed by atoms with Crippen LogP contribution >= 0.6 is 11.6 Å². The van der Waals surface area contributed by atoms with Crippen molar-refractivity contribution in [3.63, 3.8) is 0 Å². The van der Waals surface area contributed by atoms with Crippen molar-refractivity contribution in [2.24, 2.45) is 9.98 Å². The lowest BCUT2D eigenvalue weighted by molar-refractivity contribution is -0.137. The Morgan fingerprint density at radius 1 is 1.25 bits per heavy atom. The second-order valence-electron chi connectivity index (χ2n) is 4.80. The van der Waals surface area contributed by atoms with Crippen molar-refractivity contribution in [3.05, 3.63) is 65.6 Å². The van der Waals surface area contributed by atoms with E-state index < -0.39 is 11.7 Å². The molecular weight excluding hydrogens is 339 g/mol. The Balaban J connectivity index is 2.47. The standard InChI is InChI=1S/C17H13ClF3N3/c1-3-22-10-24-11(2)15-8-13(9-23-16(15)18)12-5-4-6-14(7-12)17(19,20)21/h3-10H,1H2,2H3. The summed E-state index contributed by atoms with van der Waals surface area (Å²) in [6.45, 7) is 5.13. The van der Waals surface area contributed by atoms with Crippen LogP contribution in [0.15, 0.2) is 59.3 Å². The van der Waals surface area contributed by atoms with Gasteiger partial charge in [0.15, 0.2) is 0 Å². The third kappa shape index (κ3) is 4.29. The molecular formula is C17H13ClF3N3. The van der Waals surface area contributed by atoms with Crippen molar-refractivity contribution in [2.45, 2.75) is 13.1 Å². The molecule has 0 aliphatic rings. The van der Waals surface area contributed by atoms with E-state index in [1.807, 2.05) is 0 Å². The summed E-state index contributed by atoms with van der Waals surface area (Å²) >= 11 is 6.06. The van der Waals surface area contributed by atoms with Gasteiger partial charge in [-0.2, -0.15) is 13.2 Å². The number of halogens is 4. The van der Waals surface area contributed by atoms with Gasteiger partial charge in [-0.3, -0.25) is 0 Å². The highest BCUT2D eigenvalue weighted by atomic mass is 35.5. The van der Waals surface area contributed by atoms with Gasteiger partial charge in [0.25, 0.3) is 0 Å². The first-order valence-electron chi connectivity index (χ1n) is 6.83. The monoisotopic (exact) mass is 351 g/mol. The van der Waals surface area contributed by atoms with Gasteiger partial charge in [0.05, 0.1) is 5.56 Å². The Morgan fingerprint density at radius 2 is 2.00 bits per heavy atom. The Labute approximate surface area is 142 Å². The number of pyridine rings is 1. The van der Waals surface area contributed by atoms with Gasteiger partial charge in [0, 0.05) is 29.2 Å². The van der Waals surface area contributed by atoms with Crippen LogP contribution in [0.25, 0.3) is 11.1 Å². The molecule has 0 aliphatic heterocycles. The van der Waals surface area contributed by atoms with Gasteiger partial charge in [0.1, 0.15) is 11.5 Å². The molecule has 0 atom stereocenters. The summed E-state index contributed by atoms with van der Waals surface area (Å²) in [5.74, 6) is 0. The average molecular weight is 352 g/mol. The molecule has 2 aromatic rings. The molecule has 0 N–H and O–H groups in total. The number of alkyl halides is 3. The van der Waals surface area contributed by atoms with E-state index in [1.165, 1.54) is 24.8 Å². The van der Waals surface area contributed by atoms with E-state index in [9.17, 15) is 13.2 Å². The zero-order chi connectivity index (χ0) is 17.7. The number of nitrogens with zero attached hydrogens (tertiary/aromatic N) is 3. The third-order valence-electron chi connectivity index (χ3n) is 3.18. The molecule has 0 spiro atoms. The van der Waals surface area contributed by atoms with Crippen LogP contribution in [0.4, 0.5) is 13.2 Å². The van der Waals surface area contributed by atoms with Gasteiger partial charge in [-0.05, 0) is 30.7 Å². The zero-order valence-electron chi connectivity index (χ0n) is 12.7. The molecule has 1 heterocycles. The molecule has 2 rings (SSSR count). The van der Waals surface area contributed by atoms with E-state index in [1.54, 1.807) is 19.1 Å². The van der Waals surface area contributed by atoms with Gasteiger partial charge in [-0.15, -0.1) is 0 Å². The fourth-order valence-corrected chi connectivity index (χ4v) is 2.21. The van der Waals surface area contributed by atoms with Crippen LogP contribution in [0.5, 0.6) is 0 Å². The Hall–Kier alpha value is -2.47. The minimum atomic E-state index is -4.41. The molecule has 3 nitrogen and oxygen atoms in total. The van der Waals surface area contributed by atoms with Crippen LogP contribution in [0, 0.1) is 0 Å². The molecule has 1 aromatic carbocycles. The van der Waals surface area contributed by atoms with Gasteiger partial charge < -0.3 is 0 Å². The molecule has 1 aromatic heterocycles. The number of benzene rings is 1. The van der Waals surface area contributed by atoms with Crippen LogP contribution in [0.3, 0.4) is 0 Å². The molecule has 0 unspecified atom stereocenters. The molecule has 124 valence electrons. The van der Waals surface area contributed by atoms with Gasteiger partial charge >= 0.3 is 6.18 Å². The van der Waals surface area contributed by atoms with Crippen LogP contribution in [-0.4, -0.2) is 17.0 Å². The summed E-state index contributed by atoms with van der Waals surface area (Å²) in [6.07, 6.45) is -0.352. The number of hydrogen-bond acceptors (Lipinski definition) is 2. The second-order valence-corrected chi connectivity index (χ2v) is 5.16. The van der Waals surface area contributed by atoms with E-state index in [4.69, 9.17) is 11.6 Å². The van der Waals surface area contributed by atoms with Gasteiger partial charge in [0.2, 0.25) is 0 Å². The maximum absolute atomic E-state index is 12.8. The van der Waals surface area contributed by atoms with Crippen molar-refractivity contribution < 1.29 is 13.2 Å². The van der Waals surface area contributed by atoms with E-state index in [0.717, 1.165) is 12.1 Å². The first kappa shape index (κ1) is 17.9. The summed E-state index contributed by atoms with van der Waals surface area (Å²) < 4.78 is 38.5. The van der Waals surface area contributed by atoms with Crippen molar-refractivity contribution in [2.75, 3.05) is 0 Å².